The molecule has 0 saturated heterocycles. The maximum Gasteiger partial charge on any atom is 0.489 e. The first-order valence-corrected chi connectivity index (χ1v) is 29.5. The van der Waals surface area contributed by atoms with E-state index in [0.717, 1.165) is 38.4 Å². The first kappa shape index (κ1) is 54.3. The van der Waals surface area contributed by atoms with Crippen LogP contribution in [0.5, 0.6) is 0 Å². The molecule has 6 N–H and O–H groups in total. The van der Waals surface area contributed by atoms with Crippen LogP contribution in [0.15, 0.2) is 221 Å². The lowest BCUT2D eigenvalue weighted by molar-refractivity contribution is 0.425. The third-order valence-corrected chi connectivity index (χ3v) is 17.9. The molecule has 0 aliphatic rings. The zero-order chi connectivity index (χ0) is 51.8. The van der Waals surface area contributed by atoms with E-state index >= 15 is 0 Å². The van der Waals surface area contributed by atoms with Gasteiger partial charge in [0.25, 0.3) is 0 Å². The maximum absolute atomic E-state index is 8.88. The van der Waals surface area contributed by atoms with Crippen LogP contribution in [0.25, 0.3) is 72.2 Å². The van der Waals surface area contributed by atoms with Gasteiger partial charge in [-0.3, -0.25) is 19.9 Å². The van der Waals surface area contributed by atoms with Crippen molar-refractivity contribution in [2.24, 2.45) is 0 Å². The highest BCUT2D eigenvalue weighted by Gasteiger charge is 2.14. The number of aromatic nitrogens is 5. The predicted molar refractivity (Wildman–Crippen MR) is 334 cm³/mol. The van der Waals surface area contributed by atoms with Gasteiger partial charge in [-0.25, -0.2) is 4.98 Å². The number of hydrogen-bond donors (Lipinski definition) is 4. The van der Waals surface area contributed by atoms with Gasteiger partial charge in [0.2, 0.25) is 0 Å². The van der Waals surface area contributed by atoms with Gasteiger partial charge in [-0.2, -0.15) is 0 Å². The van der Waals surface area contributed by atoms with Gasteiger partial charge in [0.1, 0.15) is 4.60 Å². The first-order valence-electron chi connectivity index (χ1n) is 22.7. The van der Waals surface area contributed by atoms with E-state index in [0.29, 0.717) is 15.8 Å². The topological polar surface area (TPSA) is 157 Å². The van der Waals surface area contributed by atoms with Crippen LogP contribution in [0, 0.1) is 3.57 Å². The van der Waals surface area contributed by atoms with Crippen molar-refractivity contribution < 1.29 is 10.0 Å². The number of pyridine rings is 5. The van der Waals surface area contributed by atoms with Gasteiger partial charge in [-0.15, -0.1) is 57.5 Å². The average molecular weight is 1240 g/mol. The number of benzene rings is 5. The Morgan fingerprint density at radius 2 is 0.905 bits per heavy atom. The Hall–Kier alpha value is -6.00. The molecule has 17 heteroatoms. The van der Waals surface area contributed by atoms with E-state index < -0.39 is 7.12 Å². The predicted octanol–water partition coefficient (Wildman–Crippen LogP) is 15.5. The molecule has 0 bridgehead atoms. The van der Waals surface area contributed by atoms with Crippen LogP contribution in [0.2, 0.25) is 0 Å². The Morgan fingerprint density at radius 3 is 1.43 bits per heavy atom. The largest absolute Gasteiger partial charge is 0.489 e. The van der Waals surface area contributed by atoms with Crippen LogP contribution in [0.4, 0.5) is 11.4 Å². The minimum atomic E-state index is -1.36. The molecule has 0 fully saturated rings. The summed E-state index contributed by atoms with van der Waals surface area (Å²) in [5, 5.41) is 21.6. The lowest BCUT2D eigenvalue weighted by Crippen LogP contribution is -2.31. The van der Waals surface area contributed by atoms with Crippen molar-refractivity contribution in [2.45, 2.75) is 9.79 Å². The van der Waals surface area contributed by atoms with Crippen LogP contribution in [0.1, 0.15) is 0 Å². The molecule has 74 heavy (non-hydrogen) atoms. The summed E-state index contributed by atoms with van der Waals surface area (Å²) in [5.74, 6) is 0. The summed E-state index contributed by atoms with van der Waals surface area (Å²) in [6.07, 6.45) is 13.0. The number of thiophene rings is 3. The Morgan fingerprint density at radius 1 is 0.459 bits per heavy atom. The van der Waals surface area contributed by atoms with E-state index in [9.17, 15) is 0 Å². The second kappa shape index (κ2) is 27.0. The zero-order valence-corrected chi connectivity index (χ0v) is 47.6. The summed E-state index contributed by atoms with van der Waals surface area (Å²) in [7, 11) is -1.36. The number of thioether (sulfide) groups is 2. The minimum absolute atomic E-state index is 0.569. The van der Waals surface area contributed by atoms with Gasteiger partial charge in [-0.05, 0) is 141 Å². The second-order valence-electron chi connectivity index (χ2n) is 15.6. The van der Waals surface area contributed by atoms with Crippen LogP contribution >= 0.6 is 96.1 Å². The minimum Gasteiger partial charge on any atom is -0.423 e. The number of hydrogen-bond acceptors (Lipinski definition) is 14. The normalized spacial score (nSPS) is 10.5. The van der Waals surface area contributed by atoms with Crippen molar-refractivity contribution in [3.63, 3.8) is 0 Å². The smallest absolute Gasteiger partial charge is 0.423 e. The van der Waals surface area contributed by atoms with Gasteiger partial charge < -0.3 is 21.5 Å². The summed E-state index contributed by atoms with van der Waals surface area (Å²) in [6, 6.07) is 58.1. The molecule has 13 aromatic rings. The summed E-state index contributed by atoms with van der Waals surface area (Å²) >= 11 is 14.1. The lowest BCUT2D eigenvalue weighted by Gasteiger charge is -2.08. The molecular formula is C57H46BBrIN7O2S5. The molecule has 5 aromatic carbocycles. The van der Waals surface area contributed by atoms with E-state index in [4.69, 9.17) is 21.5 Å². The highest BCUT2D eigenvalue weighted by molar-refractivity contribution is 14.1. The van der Waals surface area contributed by atoms with Crippen LogP contribution in [-0.2, 0) is 0 Å². The van der Waals surface area contributed by atoms with E-state index in [1.54, 1.807) is 71.1 Å². The van der Waals surface area contributed by atoms with Crippen molar-refractivity contribution in [1.82, 2.24) is 24.9 Å². The highest BCUT2D eigenvalue weighted by Crippen LogP contribution is 2.36. The molecule has 0 amide bonds. The molecule has 9 nitrogen and oxygen atoms in total. The number of rotatable bonds is 4. The van der Waals surface area contributed by atoms with Gasteiger partial charge >= 0.3 is 7.12 Å². The Kier molecular flexibility index (Phi) is 19.8. The van der Waals surface area contributed by atoms with Crippen molar-refractivity contribution >= 4 is 181 Å². The molecule has 8 aromatic heterocycles. The van der Waals surface area contributed by atoms with E-state index in [-0.39, 0.29) is 0 Å². The zero-order valence-electron chi connectivity index (χ0n) is 39.8. The second-order valence-corrected chi connectivity index (χ2v) is 22.4. The Bertz CT molecular complexity index is 3710. The fourth-order valence-electron chi connectivity index (χ4n) is 7.43. The fraction of sp³-hybridized carbons (Fsp3) is 0.0351. The molecule has 8 heterocycles. The molecule has 0 aliphatic carbocycles. The Labute approximate surface area is 471 Å². The third kappa shape index (κ3) is 13.6. The first-order chi connectivity index (χ1) is 36.1. The number of anilines is 2. The van der Waals surface area contributed by atoms with Crippen molar-refractivity contribution in [3.05, 3.63) is 215 Å². The third-order valence-electron chi connectivity index (χ3n) is 10.9. The number of fused-ring (bicyclic) bond motifs is 9. The van der Waals surface area contributed by atoms with E-state index in [1.165, 1.54) is 64.6 Å². The summed E-state index contributed by atoms with van der Waals surface area (Å²) < 4.78 is 9.78. The van der Waals surface area contributed by atoms with Gasteiger partial charge in [0.15, 0.2) is 0 Å². The van der Waals surface area contributed by atoms with Gasteiger partial charge in [0.05, 0.1) is 47.7 Å². The Balaban J connectivity index is 0.000000119. The average Bonchev–Trinajstić information content (AvgIpc) is 4.15. The monoisotopic (exact) mass is 1240 g/mol. The quantitative estimate of drug-likeness (QED) is 0.0576. The lowest BCUT2D eigenvalue weighted by atomic mass is 9.80. The summed E-state index contributed by atoms with van der Waals surface area (Å²) in [5.41, 5.74) is 18.6. The van der Waals surface area contributed by atoms with Crippen molar-refractivity contribution in [2.75, 3.05) is 24.0 Å². The van der Waals surface area contributed by atoms with E-state index in [1.807, 2.05) is 90.8 Å². The number of nitrogens with two attached hydrogens (primary N) is 2. The van der Waals surface area contributed by atoms with Crippen LogP contribution < -0.4 is 16.9 Å². The van der Waals surface area contributed by atoms with Crippen molar-refractivity contribution in [3.8, 4) is 11.3 Å². The van der Waals surface area contributed by atoms with Crippen LogP contribution in [-0.4, -0.2) is 54.6 Å². The summed E-state index contributed by atoms with van der Waals surface area (Å²) in [6.45, 7) is 0. The fourth-order valence-corrected chi connectivity index (χ4v) is 12.8. The number of nitrogen functional groups attached to an aromatic ring is 2. The molecule has 0 spiro atoms. The summed E-state index contributed by atoms with van der Waals surface area (Å²) in [4.78, 5) is 23.5. The maximum atomic E-state index is 8.88. The molecule has 0 unspecified atom stereocenters. The van der Waals surface area contributed by atoms with Gasteiger partial charge in [-0.1, -0.05) is 91.0 Å². The molecule has 13 rings (SSSR count). The van der Waals surface area contributed by atoms with Gasteiger partial charge in [0, 0.05) is 80.2 Å². The molecule has 0 atom stereocenters. The van der Waals surface area contributed by atoms with Crippen LogP contribution in [0.3, 0.4) is 0 Å². The molecule has 0 radical (unpaired) electrons. The molecule has 368 valence electrons. The standard InChI is InChI=1S/C12H12N2S.C11H6INS.2C11H7NS.C7H9BO2S.C5H5BrN2/c1-15-11-7-3-2-5-9(11)12-10(13)6-4-8-14-12;12-8-5-6-13-10-7-3-1-2-4-9(7)14-11(8)10;2*1-2-5-9-8(4-1)11-10(13-9)6-3-7-12-11;1-11-7-5-3-2-4-6(7)8(9)10;6-5-4(7)2-1-3-8-5/h2-8H,13H2,1H3;1-6H;2*1-7H;2-5,9-10H,1H3;1-3H,7H2. The molecule has 0 aliphatic heterocycles. The molecule has 0 saturated carbocycles. The number of halogens is 2. The van der Waals surface area contributed by atoms with E-state index in [2.05, 4.69) is 167 Å². The highest BCUT2D eigenvalue weighted by atomic mass is 127. The SMILES string of the molecule is CSc1ccccc1-c1ncccc1N.CSc1ccccc1B(O)O.Ic1ccnc2c1sc1ccccc12.Nc1cccnc1Br.c1ccc2c(c1)sc1cccnc12.c1ccc2c(c1)sc1cccnc12. The van der Waals surface area contributed by atoms with Crippen molar-refractivity contribution in [1.29, 1.82) is 0 Å². The molecular weight excluding hydrogens is 1190 g/mol. The number of nitrogens with zero attached hydrogens (tertiary/aromatic N) is 5.